The minimum atomic E-state index is -0.580. The van der Waals surface area contributed by atoms with Crippen LogP contribution < -0.4 is 15.6 Å². The van der Waals surface area contributed by atoms with Crippen molar-refractivity contribution in [3.05, 3.63) is 92.4 Å². The number of amides is 1. The van der Waals surface area contributed by atoms with E-state index in [2.05, 4.69) is 10.3 Å². The number of benzene rings is 2. The molecule has 1 amide bonds. The Morgan fingerprint density at radius 2 is 1.95 bits per heavy atom. The smallest absolute Gasteiger partial charge is 0.407 e. The van der Waals surface area contributed by atoms with Crippen molar-refractivity contribution in [2.24, 2.45) is 0 Å². The highest BCUT2D eigenvalue weighted by Crippen LogP contribution is 2.41. The maximum Gasteiger partial charge on any atom is 0.407 e. The molecule has 0 spiro atoms. The number of pyridine rings is 2. The van der Waals surface area contributed by atoms with Gasteiger partial charge in [0.15, 0.2) is 5.78 Å². The average Bonchev–Trinajstić information content (AvgIpc) is 3.28. The molecule has 1 aliphatic carbocycles. The first kappa shape index (κ1) is 28.2. The molecule has 210 valence electrons. The molecule has 0 radical (unpaired) electrons. The molecule has 0 unspecified atom stereocenters. The number of hydrogen-bond acceptors (Lipinski definition) is 10. The Morgan fingerprint density at radius 3 is 2.71 bits per heavy atom. The van der Waals surface area contributed by atoms with Gasteiger partial charge in [-0.25, -0.2) is 9.78 Å². The Labute approximate surface area is 241 Å². The lowest BCUT2D eigenvalue weighted by atomic mass is 10.0. The van der Waals surface area contributed by atoms with Gasteiger partial charge in [0.2, 0.25) is 0 Å². The zero-order valence-electron chi connectivity index (χ0n) is 21.8. The summed E-state index contributed by atoms with van der Waals surface area (Å²) in [5.74, 6) is 0.787. The van der Waals surface area contributed by atoms with E-state index in [0.29, 0.717) is 45.7 Å². The second-order valence-corrected chi connectivity index (χ2v) is 11.3. The zero-order chi connectivity index (χ0) is 28.9. The summed E-state index contributed by atoms with van der Waals surface area (Å²) in [5.41, 5.74) is 1.03. The van der Waals surface area contributed by atoms with Crippen LogP contribution in [0.3, 0.4) is 0 Å². The van der Waals surface area contributed by atoms with Crippen molar-refractivity contribution in [3.8, 4) is 17.0 Å². The van der Waals surface area contributed by atoms with E-state index in [9.17, 15) is 24.5 Å². The fourth-order valence-corrected chi connectivity index (χ4v) is 6.30. The van der Waals surface area contributed by atoms with Crippen molar-refractivity contribution < 1.29 is 24.0 Å². The lowest BCUT2D eigenvalue weighted by molar-refractivity contribution is -0.384. The van der Waals surface area contributed by atoms with E-state index < -0.39 is 16.6 Å². The van der Waals surface area contributed by atoms with E-state index in [0.717, 1.165) is 5.03 Å². The number of fused-ring (bicyclic) bond motifs is 5. The van der Waals surface area contributed by atoms with Crippen LogP contribution >= 0.6 is 21.6 Å². The van der Waals surface area contributed by atoms with Crippen molar-refractivity contribution in [1.29, 1.82) is 0 Å². The number of nitro groups is 1. The third-order valence-corrected chi connectivity index (χ3v) is 8.66. The molecule has 4 aromatic rings. The van der Waals surface area contributed by atoms with Gasteiger partial charge >= 0.3 is 6.09 Å². The topological polar surface area (TPSA) is 143 Å². The van der Waals surface area contributed by atoms with Crippen LogP contribution in [0, 0.1) is 10.1 Å². The summed E-state index contributed by atoms with van der Waals surface area (Å²) in [4.78, 5) is 54.3. The van der Waals surface area contributed by atoms with Crippen molar-refractivity contribution in [2.45, 2.75) is 18.0 Å². The largest absolute Gasteiger partial charge is 0.497 e. The summed E-state index contributed by atoms with van der Waals surface area (Å²) in [6.07, 6.45) is 1.49. The standard InChI is InChI=1S/C28H24N4O7S2/c1-38-18-7-9-20-21(16-18)26(33)24-19-8-6-17(32(36)37)15-22(19)27(34)31(25(20)24)12-4-11-30-28(35)39-13-14-40-41-23-5-2-3-10-29-23/h2-3,5-10,15-16H,4,11-14H2,1H3,(H,30,35). The van der Waals surface area contributed by atoms with E-state index in [1.54, 1.807) is 24.4 Å². The average molecular weight is 593 g/mol. The molecular formula is C28H24N4O7S2. The molecule has 2 heterocycles. The quantitative estimate of drug-likeness (QED) is 0.0954. The van der Waals surface area contributed by atoms with Crippen molar-refractivity contribution in [2.75, 3.05) is 26.0 Å². The van der Waals surface area contributed by atoms with E-state index in [1.165, 1.54) is 51.5 Å². The number of methoxy groups -OCH3 is 1. The highest BCUT2D eigenvalue weighted by molar-refractivity contribution is 8.76. The molecule has 0 saturated carbocycles. The molecule has 0 aliphatic heterocycles. The van der Waals surface area contributed by atoms with Gasteiger partial charge in [0.05, 0.1) is 28.7 Å². The van der Waals surface area contributed by atoms with Gasteiger partial charge in [-0.1, -0.05) is 16.9 Å². The number of carbonyl (C=O) groups is 2. The predicted molar refractivity (Wildman–Crippen MR) is 157 cm³/mol. The Morgan fingerprint density at radius 1 is 1.10 bits per heavy atom. The number of rotatable bonds is 11. The number of nitrogens with zero attached hydrogens (tertiary/aromatic N) is 3. The molecule has 1 N–H and O–H groups in total. The van der Waals surface area contributed by atoms with Gasteiger partial charge < -0.3 is 19.4 Å². The monoisotopic (exact) mass is 592 g/mol. The second kappa shape index (κ2) is 12.4. The predicted octanol–water partition coefficient (Wildman–Crippen LogP) is 5.08. The normalized spacial score (nSPS) is 11.7. The molecule has 41 heavy (non-hydrogen) atoms. The summed E-state index contributed by atoms with van der Waals surface area (Å²) >= 11 is 0. The fourth-order valence-electron chi connectivity index (χ4n) is 4.60. The molecule has 0 atom stereocenters. The molecule has 0 fully saturated rings. The SMILES string of the molecule is COc1ccc2c(c1)C(=O)c1c-2n(CCCNC(=O)OCCSSc2ccccn2)c(=O)c2cc([N+](=O)[O-])ccc12. The van der Waals surface area contributed by atoms with Crippen molar-refractivity contribution in [3.63, 3.8) is 0 Å². The highest BCUT2D eigenvalue weighted by atomic mass is 33.1. The van der Waals surface area contributed by atoms with Crippen LogP contribution in [0.15, 0.2) is 70.6 Å². The van der Waals surface area contributed by atoms with Gasteiger partial charge in [-0.05, 0) is 53.6 Å². The number of non-ortho nitro benzene ring substituents is 1. The maximum atomic E-state index is 13.6. The molecule has 2 aromatic carbocycles. The number of hydrogen-bond donors (Lipinski definition) is 1. The first-order chi connectivity index (χ1) is 19.9. The highest BCUT2D eigenvalue weighted by Gasteiger charge is 2.33. The summed E-state index contributed by atoms with van der Waals surface area (Å²) in [6, 6.07) is 14.6. The van der Waals surface area contributed by atoms with Crippen molar-refractivity contribution in [1.82, 2.24) is 14.9 Å². The summed E-state index contributed by atoms with van der Waals surface area (Å²) in [6.45, 7) is 0.594. The molecule has 0 saturated heterocycles. The number of ketones is 1. The zero-order valence-corrected chi connectivity index (χ0v) is 23.5. The third-order valence-electron chi connectivity index (χ3n) is 6.43. The van der Waals surface area contributed by atoms with Crippen LogP contribution in [0.1, 0.15) is 22.3 Å². The number of ether oxygens (including phenoxy) is 2. The Balaban J connectivity index is 1.29. The maximum absolute atomic E-state index is 13.6. The van der Waals surface area contributed by atoms with Crippen LogP contribution in [0.25, 0.3) is 22.0 Å². The van der Waals surface area contributed by atoms with Gasteiger partial charge in [-0.3, -0.25) is 19.7 Å². The first-order valence-corrected chi connectivity index (χ1v) is 14.9. The van der Waals surface area contributed by atoms with Gasteiger partial charge in [0, 0.05) is 53.7 Å². The van der Waals surface area contributed by atoms with Crippen LogP contribution in [0.2, 0.25) is 0 Å². The van der Waals surface area contributed by atoms with Gasteiger partial charge in [0.25, 0.3) is 11.2 Å². The number of nitrogens with one attached hydrogen (secondary N) is 1. The van der Waals surface area contributed by atoms with Crippen molar-refractivity contribution >= 4 is 49.9 Å². The number of alkyl carbamates (subject to hydrolysis) is 1. The van der Waals surface area contributed by atoms with Crippen LogP contribution in [0.5, 0.6) is 5.75 Å². The molecule has 5 rings (SSSR count). The summed E-state index contributed by atoms with van der Waals surface area (Å²) in [5, 5.41) is 15.4. The van der Waals surface area contributed by atoms with Crippen LogP contribution in [-0.4, -0.2) is 52.4 Å². The molecule has 11 nitrogen and oxygen atoms in total. The third kappa shape index (κ3) is 5.91. The molecular weight excluding hydrogens is 568 g/mol. The first-order valence-electron chi connectivity index (χ1n) is 12.6. The van der Waals surface area contributed by atoms with Gasteiger partial charge in [-0.15, -0.1) is 0 Å². The molecule has 0 bridgehead atoms. The van der Waals surface area contributed by atoms with Crippen LogP contribution in [0.4, 0.5) is 10.5 Å². The number of aromatic nitrogens is 2. The summed E-state index contributed by atoms with van der Waals surface area (Å²) < 4.78 is 11.9. The van der Waals surface area contributed by atoms with E-state index in [1.807, 2.05) is 18.2 Å². The minimum Gasteiger partial charge on any atom is -0.497 e. The second-order valence-electron chi connectivity index (χ2n) is 8.90. The molecule has 2 aromatic heterocycles. The lowest BCUT2D eigenvalue weighted by Crippen LogP contribution is -2.29. The number of nitro benzene ring substituents is 1. The Bertz CT molecular complexity index is 1710. The van der Waals surface area contributed by atoms with E-state index in [4.69, 9.17) is 9.47 Å². The summed E-state index contributed by atoms with van der Waals surface area (Å²) in [7, 11) is 4.51. The minimum absolute atomic E-state index is 0.0829. The Kier molecular flexibility index (Phi) is 8.55. The molecule has 13 heteroatoms. The Hall–Kier alpha value is -4.36. The molecule has 1 aliphatic rings. The number of carbonyl (C=O) groups excluding carboxylic acids is 2. The lowest BCUT2D eigenvalue weighted by Gasteiger charge is -2.15. The van der Waals surface area contributed by atoms with E-state index in [-0.39, 0.29) is 36.6 Å². The fraction of sp³-hybridized carbons (Fsp3) is 0.214. The van der Waals surface area contributed by atoms with Gasteiger partial charge in [-0.2, -0.15) is 0 Å². The van der Waals surface area contributed by atoms with E-state index >= 15 is 0 Å². The van der Waals surface area contributed by atoms with Crippen LogP contribution in [-0.2, 0) is 11.3 Å². The van der Waals surface area contributed by atoms with Gasteiger partial charge in [0.1, 0.15) is 17.4 Å².